The Labute approximate surface area is 185 Å². The summed E-state index contributed by atoms with van der Waals surface area (Å²) in [6.07, 6.45) is -0.937. The zero-order valence-corrected chi connectivity index (χ0v) is 17.4. The van der Waals surface area contributed by atoms with Gasteiger partial charge in [0.05, 0.1) is 5.92 Å². The Morgan fingerprint density at radius 1 is 1.06 bits per heavy atom. The number of nitrogens with one attached hydrogen (secondary N) is 1. The van der Waals surface area contributed by atoms with Crippen molar-refractivity contribution in [1.82, 2.24) is 10.2 Å². The second-order valence-electron chi connectivity index (χ2n) is 7.71. The summed E-state index contributed by atoms with van der Waals surface area (Å²) in [6.45, 7) is 3.72. The molecule has 32 heavy (non-hydrogen) atoms. The second kappa shape index (κ2) is 9.13. The first-order chi connectivity index (χ1) is 15.5. The molecule has 1 heterocycles. The van der Waals surface area contributed by atoms with Crippen molar-refractivity contribution in [3.63, 3.8) is 0 Å². The number of hydrogen-bond acceptors (Lipinski definition) is 5. The summed E-state index contributed by atoms with van der Waals surface area (Å²) in [6, 6.07) is 15.9. The van der Waals surface area contributed by atoms with Gasteiger partial charge in [0.25, 0.3) is 0 Å². The van der Waals surface area contributed by atoms with Crippen LogP contribution in [0.1, 0.15) is 23.5 Å². The summed E-state index contributed by atoms with van der Waals surface area (Å²) in [5, 5.41) is 12.1. The lowest BCUT2D eigenvalue weighted by Gasteiger charge is -2.26. The molecule has 2 N–H and O–H groups in total. The van der Waals surface area contributed by atoms with Gasteiger partial charge in [-0.15, -0.1) is 0 Å². The Kier molecular flexibility index (Phi) is 6.11. The Morgan fingerprint density at radius 3 is 2.28 bits per heavy atom. The highest BCUT2D eigenvalue weighted by Gasteiger charge is 2.43. The molecule has 0 radical (unpaired) electrons. The molecule has 2 aromatic carbocycles. The lowest BCUT2D eigenvalue weighted by Crippen LogP contribution is -2.51. The largest absolute Gasteiger partial charge is 0.481 e. The number of benzene rings is 2. The Morgan fingerprint density at radius 2 is 1.69 bits per heavy atom. The number of carboxylic acids is 1. The van der Waals surface area contributed by atoms with Crippen LogP contribution in [0.4, 0.5) is 9.59 Å². The van der Waals surface area contributed by atoms with Crippen LogP contribution in [0.5, 0.6) is 0 Å². The third kappa shape index (κ3) is 4.03. The summed E-state index contributed by atoms with van der Waals surface area (Å²) in [7, 11) is 0. The van der Waals surface area contributed by atoms with Gasteiger partial charge >= 0.3 is 18.2 Å². The van der Waals surface area contributed by atoms with E-state index >= 15 is 0 Å². The Balaban J connectivity index is 1.45. The smallest absolute Gasteiger partial charge is 0.411 e. The van der Waals surface area contributed by atoms with Crippen LogP contribution in [-0.2, 0) is 14.3 Å². The van der Waals surface area contributed by atoms with Crippen LogP contribution < -0.4 is 5.32 Å². The van der Waals surface area contributed by atoms with Gasteiger partial charge in [0.2, 0.25) is 0 Å². The van der Waals surface area contributed by atoms with Gasteiger partial charge in [0.1, 0.15) is 19.4 Å². The van der Waals surface area contributed by atoms with Crippen molar-refractivity contribution in [2.24, 2.45) is 5.92 Å². The Hall–Kier alpha value is -3.81. The average molecular weight is 436 g/mol. The van der Waals surface area contributed by atoms with Gasteiger partial charge < -0.3 is 19.9 Å². The molecule has 1 fully saturated rings. The van der Waals surface area contributed by atoms with E-state index < -0.39 is 30.2 Å². The normalized spacial score (nSPS) is 19.1. The number of carbonyl (C=O) groups is 3. The summed E-state index contributed by atoms with van der Waals surface area (Å²) in [5.74, 6) is -2.18. The topological polar surface area (TPSA) is 105 Å². The van der Waals surface area contributed by atoms with Gasteiger partial charge in [-0.3, -0.25) is 9.69 Å². The fourth-order valence-corrected chi connectivity index (χ4v) is 4.41. The minimum atomic E-state index is -1.10. The standard InChI is InChI=1S/C24H24N2O6/c1-2-13-31-24(30)26-12-11-19(22(27)28)21(26)25-23(29)32-14-20-17-9-5-3-7-15(17)16-8-4-6-10-18(16)20/h2-10,19-21H,1,11-14H2,(H,25,29)(H,27,28). The molecule has 1 saturated heterocycles. The predicted octanol–water partition coefficient (Wildman–Crippen LogP) is 3.58. The maximum atomic E-state index is 12.6. The second-order valence-corrected chi connectivity index (χ2v) is 7.71. The number of aliphatic carboxylic acids is 1. The van der Waals surface area contributed by atoms with Crippen LogP contribution in [0.3, 0.4) is 0 Å². The number of carbonyl (C=O) groups excluding carboxylic acids is 2. The average Bonchev–Trinajstić information content (AvgIpc) is 3.35. The van der Waals surface area contributed by atoms with E-state index in [1.165, 1.54) is 11.0 Å². The van der Waals surface area contributed by atoms with Crippen LogP contribution in [-0.4, -0.2) is 54.1 Å². The highest BCUT2D eigenvalue weighted by molar-refractivity contribution is 5.80. The van der Waals surface area contributed by atoms with Crippen LogP contribution in [0.2, 0.25) is 0 Å². The number of alkyl carbamates (subject to hydrolysis) is 1. The molecule has 1 aliphatic carbocycles. The molecule has 2 aliphatic rings. The van der Waals surface area contributed by atoms with Gasteiger partial charge in [-0.2, -0.15) is 0 Å². The van der Waals surface area contributed by atoms with Gasteiger partial charge in [0, 0.05) is 12.5 Å². The minimum absolute atomic E-state index is 0.00919. The summed E-state index contributed by atoms with van der Waals surface area (Å²) >= 11 is 0. The fourth-order valence-electron chi connectivity index (χ4n) is 4.41. The molecule has 8 nitrogen and oxygen atoms in total. The highest BCUT2D eigenvalue weighted by atomic mass is 16.6. The zero-order chi connectivity index (χ0) is 22.7. The molecule has 0 spiro atoms. The first-order valence-electron chi connectivity index (χ1n) is 10.4. The van der Waals surface area contributed by atoms with E-state index in [0.29, 0.717) is 0 Å². The van der Waals surface area contributed by atoms with Crippen molar-refractivity contribution >= 4 is 18.2 Å². The molecule has 2 atom stereocenters. The maximum absolute atomic E-state index is 12.6. The molecule has 1 aliphatic heterocycles. The van der Waals surface area contributed by atoms with E-state index in [4.69, 9.17) is 9.47 Å². The van der Waals surface area contributed by atoms with Crippen LogP contribution in [0.15, 0.2) is 61.2 Å². The van der Waals surface area contributed by atoms with Crippen LogP contribution in [0.25, 0.3) is 11.1 Å². The van der Waals surface area contributed by atoms with Crippen LogP contribution in [0, 0.1) is 5.92 Å². The number of ether oxygens (including phenoxy) is 2. The third-order valence-corrected chi connectivity index (χ3v) is 5.88. The number of amides is 2. The quantitative estimate of drug-likeness (QED) is 0.671. The molecule has 0 aromatic heterocycles. The number of hydrogen-bond donors (Lipinski definition) is 2. The molecule has 2 aromatic rings. The molecular formula is C24H24N2O6. The molecule has 166 valence electrons. The van der Waals surface area contributed by atoms with E-state index in [1.54, 1.807) is 0 Å². The number of likely N-dealkylation sites (tertiary alicyclic amines) is 1. The first kappa shape index (κ1) is 21.4. The summed E-state index contributed by atoms with van der Waals surface area (Å²) < 4.78 is 10.5. The maximum Gasteiger partial charge on any atom is 0.411 e. The Bertz CT molecular complexity index is 1010. The van der Waals surface area contributed by atoms with Crippen molar-refractivity contribution in [2.75, 3.05) is 19.8 Å². The molecule has 8 heteroatoms. The lowest BCUT2D eigenvalue weighted by molar-refractivity contribution is -0.142. The number of rotatable bonds is 6. The molecule has 2 amide bonds. The highest BCUT2D eigenvalue weighted by Crippen LogP contribution is 2.44. The van der Waals surface area contributed by atoms with E-state index in [9.17, 15) is 19.5 Å². The lowest BCUT2D eigenvalue weighted by atomic mass is 9.98. The third-order valence-electron chi connectivity index (χ3n) is 5.88. The van der Waals surface area contributed by atoms with E-state index in [-0.39, 0.29) is 32.1 Å². The van der Waals surface area contributed by atoms with Gasteiger partial charge in [-0.1, -0.05) is 61.2 Å². The molecular weight excluding hydrogens is 412 g/mol. The molecule has 0 saturated carbocycles. The first-order valence-corrected chi connectivity index (χ1v) is 10.4. The predicted molar refractivity (Wildman–Crippen MR) is 116 cm³/mol. The van der Waals surface area contributed by atoms with Gasteiger partial charge in [-0.05, 0) is 28.7 Å². The molecule has 0 bridgehead atoms. The van der Waals surface area contributed by atoms with Crippen molar-refractivity contribution in [2.45, 2.75) is 18.5 Å². The molecule has 2 unspecified atom stereocenters. The zero-order valence-electron chi connectivity index (χ0n) is 17.4. The van der Waals surface area contributed by atoms with E-state index in [0.717, 1.165) is 22.3 Å². The fraction of sp³-hybridized carbons (Fsp3) is 0.292. The van der Waals surface area contributed by atoms with Crippen molar-refractivity contribution < 1.29 is 29.0 Å². The number of carboxylic acid groups (broad SMARTS) is 1. The summed E-state index contributed by atoms with van der Waals surface area (Å²) in [4.78, 5) is 37.7. The number of nitrogens with zero attached hydrogens (tertiary/aromatic N) is 1. The monoisotopic (exact) mass is 436 g/mol. The van der Waals surface area contributed by atoms with Crippen molar-refractivity contribution in [3.8, 4) is 11.1 Å². The van der Waals surface area contributed by atoms with Crippen LogP contribution >= 0.6 is 0 Å². The summed E-state index contributed by atoms with van der Waals surface area (Å²) in [5.41, 5.74) is 4.35. The van der Waals surface area contributed by atoms with E-state index in [2.05, 4.69) is 11.9 Å². The van der Waals surface area contributed by atoms with Gasteiger partial charge in [0.15, 0.2) is 0 Å². The minimum Gasteiger partial charge on any atom is -0.481 e. The SMILES string of the molecule is C=CCOC(=O)N1CCC(C(=O)O)C1NC(=O)OCC1c2ccccc2-c2ccccc21. The van der Waals surface area contributed by atoms with Crippen molar-refractivity contribution in [1.29, 1.82) is 0 Å². The van der Waals surface area contributed by atoms with E-state index in [1.807, 2.05) is 48.5 Å². The van der Waals surface area contributed by atoms with Crippen molar-refractivity contribution in [3.05, 3.63) is 72.3 Å². The number of fused-ring (bicyclic) bond motifs is 3. The van der Waals surface area contributed by atoms with Gasteiger partial charge in [-0.25, -0.2) is 9.59 Å². The molecule has 4 rings (SSSR count).